The molecule has 1 fully saturated rings. The number of carbonyl (C=O) groups excluding carboxylic acids is 1. The van der Waals surface area contributed by atoms with Crippen molar-refractivity contribution in [3.63, 3.8) is 0 Å². The molecular weight excluding hydrogens is 266 g/mol. The second kappa shape index (κ2) is 6.76. The van der Waals surface area contributed by atoms with Gasteiger partial charge in [-0.25, -0.2) is 8.78 Å². The first-order valence-corrected chi connectivity index (χ1v) is 6.69. The molecule has 1 aromatic rings. The van der Waals surface area contributed by atoms with Gasteiger partial charge in [0.05, 0.1) is 6.10 Å². The second-order valence-electron chi connectivity index (χ2n) is 4.95. The number of aliphatic hydroxyl groups excluding tert-OH is 1. The van der Waals surface area contributed by atoms with Crippen molar-refractivity contribution >= 4 is 5.91 Å². The van der Waals surface area contributed by atoms with E-state index in [2.05, 4.69) is 10.6 Å². The minimum Gasteiger partial charge on any atom is -0.387 e. The molecule has 110 valence electrons. The van der Waals surface area contributed by atoms with Crippen LogP contribution in [0.3, 0.4) is 0 Å². The minimum absolute atomic E-state index is 0.0588. The third-order valence-electron chi connectivity index (χ3n) is 3.20. The fourth-order valence-electron chi connectivity index (χ4n) is 1.88. The number of amides is 1. The molecule has 0 spiro atoms. The van der Waals surface area contributed by atoms with Crippen LogP contribution in [0.1, 0.15) is 24.5 Å². The summed E-state index contributed by atoms with van der Waals surface area (Å²) in [6.45, 7) is 1.01. The number of hydrogen-bond donors (Lipinski definition) is 3. The Balaban J connectivity index is 1.67. The Morgan fingerprint density at radius 1 is 1.35 bits per heavy atom. The van der Waals surface area contributed by atoms with Crippen LogP contribution in [0.25, 0.3) is 0 Å². The van der Waals surface area contributed by atoms with E-state index in [-0.39, 0.29) is 23.9 Å². The first-order valence-electron chi connectivity index (χ1n) is 6.69. The molecule has 3 N–H and O–H groups in total. The summed E-state index contributed by atoms with van der Waals surface area (Å²) in [5, 5.41) is 15.4. The molecule has 0 radical (unpaired) electrons. The predicted molar refractivity (Wildman–Crippen MR) is 69.9 cm³/mol. The van der Waals surface area contributed by atoms with E-state index < -0.39 is 17.7 Å². The van der Waals surface area contributed by atoms with Crippen LogP contribution in [0, 0.1) is 17.6 Å². The Labute approximate surface area is 116 Å². The van der Waals surface area contributed by atoms with Gasteiger partial charge < -0.3 is 15.7 Å². The zero-order valence-electron chi connectivity index (χ0n) is 11.0. The zero-order valence-corrected chi connectivity index (χ0v) is 11.0. The standard InChI is InChI=1S/C14H18F2N2O2/c15-10-3-4-12(16)11(7-10)13(19)8-17-5-6-18-14(20)9-1-2-9/h3-4,7,9,13,17,19H,1-2,5-6,8H2,(H,18,20). The number of hydrogen-bond acceptors (Lipinski definition) is 3. The Morgan fingerprint density at radius 3 is 2.80 bits per heavy atom. The monoisotopic (exact) mass is 284 g/mol. The van der Waals surface area contributed by atoms with Gasteiger partial charge in [0.25, 0.3) is 0 Å². The lowest BCUT2D eigenvalue weighted by Gasteiger charge is -2.13. The van der Waals surface area contributed by atoms with Crippen LogP contribution in [0.4, 0.5) is 8.78 Å². The summed E-state index contributed by atoms with van der Waals surface area (Å²) < 4.78 is 26.4. The highest BCUT2D eigenvalue weighted by Crippen LogP contribution is 2.28. The van der Waals surface area contributed by atoms with E-state index in [1.165, 1.54) is 0 Å². The number of halogens is 2. The maximum absolute atomic E-state index is 13.4. The molecule has 1 atom stereocenters. The Bertz CT molecular complexity index is 478. The molecule has 1 aliphatic carbocycles. The summed E-state index contributed by atoms with van der Waals surface area (Å²) in [6.07, 6.45) is 0.790. The third-order valence-corrected chi connectivity index (χ3v) is 3.20. The summed E-state index contributed by atoms with van der Waals surface area (Å²) in [7, 11) is 0. The molecule has 0 aliphatic heterocycles. The van der Waals surface area contributed by atoms with Crippen LogP contribution < -0.4 is 10.6 Å². The lowest BCUT2D eigenvalue weighted by Crippen LogP contribution is -2.34. The van der Waals surface area contributed by atoms with E-state index in [0.29, 0.717) is 13.1 Å². The number of benzene rings is 1. The fraction of sp³-hybridized carbons (Fsp3) is 0.500. The van der Waals surface area contributed by atoms with E-state index in [1.807, 2.05) is 0 Å². The van der Waals surface area contributed by atoms with Crippen molar-refractivity contribution in [2.45, 2.75) is 18.9 Å². The molecule has 1 amide bonds. The molecule has 0 saturated heterocycles. The van der Waals surface area contributed by atoms with Gasteiger partial charge in [-0.2, -0.15) is 0 Å². The smallest absolute Gasteiger partial charge is 0.223 e. The van der Waals surface area contributed by atoms with Crippen LogP contribution in [0.5, 0.6) is 0 Å². The largest absolute Gasteiger partial charge is 0.387 e. The third kappa shape index (κ3) is 4.25. The van der Waals surface area contributed by atoms with Crippen molar-refractivity contribution in [1.29, 1.82) is 0 Å². The zero-order chi connectivity index (χ0) is 14.5. The molecule has 6 heteroatoms. The Kier molecular flexibility index (Phi) is 5.03. The molecule has 20 heavy (non-hydrogen) atoms. The van der Waals surface area contributed by atoms with Crippen molar-refractivity contribution in [3.05, 3.63) is 35.4 Å². The molecule has 0 bridgehead atoms. The Hall–Kier alpha value is -1.53. The van der Waals surface area contributed by atoms with Gasteiger partial charge in [0.15, 0.2) is 0 Å². The quantitative estimate of drug-likeness (QED) is 0.657. The van der Waals surface area contributed by atoms with E-state index in [0.717, 1.165) is 31.0 Å². The number of nitrogens with one attached hydrogen (secondary N) is 2. The number of rotatable bonds is 7. The topological polar surface area (TPSA) is 61.4 Å². The minimum atomic E-state index is -1.12. The van der Waals surface area contributed by atoms with Gasteiger partial charge in [-0.05, 0) is 31.0 Å². The molecular formula is C14H18F2N2O2. The molecule has 0 aromatic heterocycles. The van der Waals surface area contributed by atoms with Gasteiger partial charge in [0, 0.05) is 31.1 Å². The van der Waals surface area contributed by atoms with Crippen LogP contribution >= 0.6 is 0 Å². The van der Waals surface area contributed by atoms with E-state index in [1.54, 1.807) is 0 Å². The first kappa shape index (κ1) is 14.9. The maximum Gasteiger partial charge on any atom is 0.223 e. The van der Waals surface area contributed by atoms with E-state index in [9.17, 15) is 18.7 Å². The van der Waals surface area contributed by atoms with Gasteiger partial charge in [0.1, 0.15) is 11.6 Å². The van der Waals surface area contributed by atoms with Gasteiger partial charge in [0.2, 0.25) is 5.91 Å². The van der Waals surface area contributed by atoms with Gasteiger partial charge >= 0.3 is 0 Å². The molecule has 2 rings (SSSR count). The maximum atomic E-state index is 13.4. The van der Waals surface area contributed by atoms with Crippen LogP contribution in [0.15, 0.2) is 18.2 Å². The van der Waals surface area contributed by atoms with Crippen molar-refractivity contribution in [2.24, 2.45) is 5.92 Å². The summed E-state index contributed by atoms with van der Waals surface area (Å²) in [5.41, 5.74) is -0.0699. The average molecular weight is 284 g/mol. The van der Waals surface area contributed by atoms with Crippen molar-refractivity contribution in [2.75, 3.05) is 19.6 Å². The molecule has 1 aliphatic rings. The van der Waals surface area contributed by atoms with E-state index in [4.69, 9.17) is 0 Å². The van der Waals surface area contributed by atoms with Gasteiger partial charge in [-0.3, -0.25) is 4.79 Å². The van der Waals surface area contributed by atoms with Crippen LogP contribution in [-0.2, 0) is 4.79 Å². The SMILES string of the molecule is O=C(NCCNCC(O)c1cc(F)ccc1F)C1CC1. The average Bonchev–Trinajstić information content (AvgIpc) is 3.25. The second-order valence-corrected chi connectivity index (χ2v) is 4.95. The van der Waals surface area contributed by atoms with Gasteiger partial charge in [-0.1, -0.05) is 0 Å². The molecule has 1 saturated carbocycles. The first-order chi connectivity index (χ1) is 9.58. The summed E-state index contributed by atoms with van der Waals surface area (Å²) in [5.74, 6) is -0.995. The lowest BCUT2D eigenvalue weighted by atomic mass is 10.1. The van der Waals surface area contributed by atoms with E-state index >= 15 is 0 Å². The predicted octanol–water partition coefficient (Wildman–Crippen LogP) is 1.11. The van der Waals surface area contributed by atoms with Crippen LogP contribution in [-0.4, -0.2) is 30.6 Å². The highest BCUT2D eigenvalue weighted by molar-refractivity contribution is 5.80. The van der Waals surface area contributed by atoms with Crippen molar-refractivity contribution < 1.29 is 18.7 Å². The normalized spacial score (nSPS) is 15.9. The lowest BCUT2D eigenvalue weighted by molar-refractivity contribution is -0.122. The molecule has 0 heterocycles. The summed E-state index contributed by atoms with van der Waals surface area (Å²) >= 11 is 0. The van der Waals surface area contributed by atoms with Crippen molar-refractivity contribution in [1.82, 2.24) is 10.6 Å². The number of aliphatic hydroxyl groups is 1. The highest BCUT2D eigenvalue weighted by Gasteiger charge is 2.28. The van der Waals surface area contributed by atoms with Crippen LogP contribution in [0.2, 0.25) is 0 Å². The number of carbonyl (C=O) groups is 1. The molecule has 4 nitrogen and oxygen atoms in total. The Morgan fingerprint density at radius 2 is 2.10 bits per heavy atom. The summed E-state index contributed by atoms with van der Waals surface area (Å²) in [4.78, 5) is 11.3. The summed E-state index contributed by atoms with van der Waals surface area (Å²) in [6, 6.07) is 2.98. The fourth-order valence-corrected chi connectivity index (χ4v) is 1.88. The van der Waals surface area contributed by atoms with Crippen molar-refractivity contribution in [3.8, 4) is 0 Å². The highest BCUT2D eigenvalue weighted by atomic mass is 19.1. The molecule has 1 unspecified atom stereocenters. The van der Waals surface area contributed by atoms with Gasteiger partial charge in [-0.15, -0.1) is 0 Å². The molecule has 1 aromatic carbocycles.